The van der Waals surface area contributed by atoms with Crippen molar-refractivity contribution < 1.29 is 4.79 Å². The van der Waals surface area contributed by atoms with E-state index in [1.807, 2.05) is 48.9 Å². The molecule has 0 saturated carbocycles. The van der Waals surface area contributed by atoms with Gasteiger partial charge in [0.15, 0.2) is 0 Å². The number of nitrogens with zero attached hydrogens (tertiary/aromatic N) is 2. The normalized spacial score (nSPS) is 12.0. The molecule has 0 aliphatic rings. The predicted molar refractivity (Wildman–Crippen MR) is 100 cm³/mol. The number of aromatic nitrogens is 2. The maximum Gasteiger partial charge on any atom is 0.268 e. The van der Waals surface area contributed by atoms with Crippen molar-refractivity contribution in [2.45, 2.75) is 33.4 Å². The number of amides is 1. The average molecular weight is 333 g/mol. The second-order valence-electron chi connectivity index (χ2n) is 6.22. The van der Waals surface area contributed by atoms with Gasteiger partial charge in [-0.25, -0.2) is 0 Å². The van der Waals surface area contributed by atoms with Gasteiger partial charge in [-0.05, 0) is 44.5 Å². The number of aryl methyl sites for hydroxylation is 2. The summed E-state index contributed by atoms with van der Waals surface area (Å²) < 4.78 is 1.98. The highest BCUT2D eigenvalue weighted by Crippen LogP contribution is 2.23. The van der Waals surface area contributed by atoms with Gasteiger partial charge in [0.05, 0.1) is 11.7 Å². The topological polar surface area (TPSA) is 46.9 Å². The zero-order valence-corrected chi connectivity index (χ0v) is 14.9. The molecular formula is C21H23N3O. The van der Waals surface area contributed by atoms with E-state index < -0.39 is 0 Å². The summed E-state index contributed by atoms with van der Waals surface area (Å²) in [5.74, 6) is -0.0848. The molecule has 2 heterocycles. The van der Waals surface area contributed by atoms with E-state index in [1.165, 1.54) is 5.56 Å². The first kappa shape index (κ1) is 17.0. The number of hydrogen-bond donors (Lipinski definition) is 1. The number of carbonyl (C=O) groups excluding carboxylic acids is 1. The van der Waals surface area contributed by atoms with Crippen molar-refractivity contribution >= 4 is 5.91 Å². The summed E-state index contributed by atoms with van der Waals surface area (Å²) >= 11 is 0. The zero-order chi connectivity index (χ0) is 17.8. The van der Waals surface area contributed by atoms with Crippen molar-refractivity contribution in [3.8, 4) is 11.1 Å². The van der Waals surface area contributed by atoms with Crippen LogP contribution in [-0.4, -0.2) is 15.5 Å². The third-order valence-corrected chi connectivity index (χ3v) is 4.33. The van der Waals surface area contributed by atoms with Crippen LogP contribution in [0.3, 0.4) is 0 Å². The number of carbonyl (C=O) groups is 1. The van der Waals surface area contributed by atoms with E-state index in [9.17, 15) is 4.79 Å². The van der Waals surface area contributed by atoms with Gasteiger partial charge in [-0.2, -0.15) is 0 Å². The largest absolute Gasteiger partial charge is 0.343 e. The minimum atomic E-state index is -0.142. The molecule has 128 valence electrons. The van der Waals surface area contributed by atoms with Gasteiger partial charge in [-0.15, -0.1) is 0 Å². The Labute approximate surface area is 148 Å². The maximum atomic E-state index is 12.7. The van der Waals surface area contributed by atoms with E-state index >= 15 is 0 Å². The Kier molecular flexibility index (Phi) is 4.98. The van der Waals surface area contributed by atoms with Gasteiger partial charge in [-0.3, -0.25) is 9.78 Å². The monoisotopic (exact) mass is 333 g/mol. The summed E-state index contributed by atoms with van der Waals surface area (Å²) in [7, 11) is 0. The summed E-state index contributed by atoms with van der Waals surface area (Å²) in [6, 6.07) is 15.9. The fourth-order valence-electron chi connectivity index (χ4n) is 2.84. The van der Waals surface area contributed by atoms with Crippen LogP contribution in [0.1, 0.15) is 41.6 Å². The molecule has 0 bridgehead atoms. The molecule has 4 nitrogen and oxygen atoms in total. The van der Waals surface area contributed by atoms with E-state index in [2.05, 4.69) is 41.5 Å². The molecular weight excluding hydrogens is 310 g/mol. The highest BCUT2D eigenvalue weighted by molar-refractivity contribution is 5.94. The molecule has 1 unspecified atom stereocenters. The molecule has 1 N–H and O–H groups in total. The first-order chi connectivity index (χ1) is 12.1. The lowest BCUT2D eigenvalue weighted by Crippen LogP contribution is -2.28. The van der Waals surface area contributed by atoms with E-state index in [4.69, 9.17) is 0 Å². The van der Waals surface area contributed by atoms with Crippen molar-refractivity contribution in [3.63, 3.8) is 0 Å². The van der Waals surface area contributed by atoms with Crippen LogP contribution < -0.4 is 5.32 Å². The Morgan fingerprint density at radius 1 is 1.16 bits per heavy atom. The lowest BCUT2D eigenvalue weighted by Gasteiger charge is -2.14. The fourth-order valence-corrected chi connectivity index (χ4v) is 2.84. The van der Waals surface area contributed by atoms with Crippen molar-refractivity contribution in [3.05, 3.63) is 77.9 Å². The summed E-state index contributed by atoms with van der Waals surface area (Å²) in [6.45, 7) is 6.80. The minimum Gasteiger partial charge on any atom is -0.343 e. The quantitative estimate of drug-likeness (QED) is 0.753. The summed E-state index contributed by atoms with van der Waals surface area (Å²) in [5.41, 5.74) is 4.91. The molecule has 1 amide bonds. The Hall–Kier alpha value is -2.88. The predicted octanol–water partition coefficient (Wildman–Crippen LogP) is 4.37. The van der Waals surface area contributed by atoms with Crippen molar-refractivity contribution in [1.82, 2.24) is 14.9 Å². The smallest absolute Gasteiger partial charge is 0.268 e. The molecule has 4 heteroatoms. The van der Waals surface area contributed by atoms with Crippen LogP contribution in [-0.2, 0) is 6.54 Å². The summed E-state index contributed by atoms with van der Waals surface area (Å²) in [4.78, 5) is 17.1. The van der Waals surface area contributed by atoms with Crippen LogP contribution >= 0.6 is 0 Å². The molecule has 0 spiro atoms. The molecule has 3 rings (SSSR count). The number of pyridine rings is 1. The summed E-state index contributed by atoms with van der Waals surface area (Å²) in [5, 5.41) is 3.04. The molecule has 0 aliphatic carbocycles. The van der Waals surface area contributed by atoms with Crippen LogP contribution in [0.15, 0.2) is 60.9 Å². The Morgan fingerprint density at radius 2 is 1.92 bits per heavy atom. The van der Waals surface area contributed by atoms with Crippen LogP contribution in [0.25, 0.3) is 11.1 Å². The third kappa shape index (κ3) is 3.79. The van der Waals surface area contributed by atoms with Crippen LogP contribution in [0.4, 0.5) is 0 Å². The standard InChI is InChI=1S/C21H23N3O/c1-4-24-14-18(17-10-8-15(2)9-11-17)13-20(24)21(25)23-16(3)19-7-5-6-12-22-19/h5-14,16H,4H2,1-3H3,(H,23,25). The minimum absolute atomic E-state index is 0.0848. The van der Waals surface area contributed by atoms with Gasteiger partial charge in [-0.1, -0.05) is 35.9 Å². The number of nitrogens with one attached hydrogen (secondary N) is 1. The first-order valence-electron chi connectivity index (χ1n) is 8.57. The van der Waals surface area contributed by atoms with Gasteiger partial charge < -0.3 is 9.88 Å². The Bertz CT molecular complexity index is 851. The molecule has 1 atom stereocenters. The number of hydrogen-bond acceptors (Lipinski definition) is 2. The van der Waals surface area contributed by atoms with Crippen molar-refractivity contribution in [2.24, 2.45) is 0 Å². The molecule has 2 aromatic heterocycles. The highest BCUT2D eigenvalue weighted by Gasteiger charge is 2.17. The molecule has 25 heavy (non-hydrogen) atoms. The second kappa shape index (κ2) is 7.34. The zero-order valence-electron chi connectivity index (χ0n) is 14.9. The van der Waals surface area contributed by atoms with E-state index in [-0.39, 0.29) is 11.9 Å². The Balaban J connectivity index is 1.83. The van der Waals surface area contributed by atoms with Crippen LogP contribution in [0.2, 0.25) is 0 Å². The molecule has 0 radical (unpaired) electrons. The Morgan fingerprint density at radius 3 is 2.56 bits per heavy atom. The van der Waals surface area contributed by atoms with Gasteiger partial charge in [0.25, 0.3) is 5.91 Å². The third-order valence-electron chi connectivity index (χ3n) is 4.33. The van der Waals surface area contributed by atoms with Gasteiger partial charge in [0.1, 0.15) is 5.69 Å². The molecule has 0 fully saturated rings. The molecule has 1 aromatic carbocycles. The lowest BCUT2D eigenvalue weighted by atomic mass is 10.1. The fraction of sp³-hybridized carbons (Fsp3) is 0.238. The second-order valence-corrected chi connectivity index (χ2v) is 6.22. The maximum absolute atomic E-state index is 12.7. The van der Waals surface area contributed by atoms with Crippen molar-refractivity contribution in [2.75, 3.05) is 0 Å². The van der Waals surface area contributed by atoms with Crippen molar-refractivity contribution in [1.29, 1.82) is 0 Å². The number of rotatable bonds is 5. The van der Waals surface area contributed by atoms with E-state index in [0.717, 1.165) is 23.4 Å². The van der Waals surface area contributed by atoms with Gasteiger partial charge in [0.2, 0.25) is 0 Å². The SMILES string of the molecule is CCn1cc(-c2ccc(C)cc2)cc1C(=O)NC(C)c1ccccn1. The molecule has 0 saturated heterocycles. The molecule has 0 aliphatic heterocycles. The lowest BCUT2D eigenvalue weighted by molar-refractivity contribution is 0.0930. The summed E-state index contributed by atoms with van der Waals surface area (Å²) in [6.07, 6.45) is 3.77. The van der Waals surface area contributed by atoms with E-state index in [0.29, 0.717) is 5.69 Å². The van der Waals surface area contributed by atoms with E-state index in [1.54, 1.807) is 6.20 Å². The van der Waals surface area contributed by atoms with Gasteiger partial charge >= 0.3 is 0 Å². The molecule has 3 aromatic rings. The average Bonchev–Trinajstić information content (AvgIpc) is 3.07. The van der Waals surface area contributed by atoms with Crippen LogP contribution in [0.5, 0.6) is 0 Å². The van der Waals surface area contributed by atoms with Crippen LogP contribution in [0, 0.1) is 6.92 Å². The first-order valence-corrected chi connectivity index (χ1v) is 8.57. The number of benzene rings is 1. The highest BCUT2D eigenvalue weighted by atomic mass is 16.2. The van der Waals surface area contributed by atoms with Gasteiger partial charge in [0, 0.05) is 24.5 Å².